The van der Waals surface area contributed by atoms with Crippen LogP contribution in [-0.4, -0.2) is 54.7 Å². The van der Waals surface area contributed by atoms with Crippen LogP contribution in [0.3, 0.4) is 0 Å². The van der Waals surface area contributed by atoms with Crippen molar-refractivity contribution in [2.45, 2.75) is 39.7 Å². The summed E-state index contributed by atoms with van der Waals surface area (Å²) in [5.74, 6) is 0.678. The summed E-state index contributed by atoms with van der Waals surface area (Å²) >= 11 is 0. The number of carbonyl (C=O) groups excluding carboxylic acids is 1. The van der Waals surface area contributed by atoms with Gasteiger partial charge in [0.25, 0.3) is 0 Å². The van der Waals surface area contributed by atoms with Crippen molar-refractivity contribution in [3.05, 3.63) is 35.4 Å². The summed E-state index contributed by atoms with van der Waals surface area (Å²) in [5.41, 5.74) is 2.04. The van der Waals surface area contributed by atoms with Crippen molar-refractivity contribution in [2.75, 3.05) is 32.8 Å². The Morgan fingerprint density at radius 1 is 1.30 bits per heavy atom. The number of nitrogens with zero attached hydrogens (tertiary/aromatic N) is 2. The van der Waals surface area contributed by atoms with Gasteiger partial charge in [0.1, 0.15) is 0 Å². The van der Waals surface area contributed by atoms with Crippen LogP contribution in [0.5, 0.6) is 0 Å². The monoisotopic (exact) mass is 489 g/mol. The molecule has 0 spiro atoms. The molecule has 0 bridgehead atoms. The molecule has 6 nitrogen and oxygen atoms in total. The van der Waals surface area contributed by atoms with Crippen LogP contribution in [0.15, 0.2) is 29.3 Å². The van der Waals surface area contributed by atoms with E-state index in [0.717, 1.165) is 44.0 Å². The first kappa shape index (κ1) is 23.7. The van der Waals surface area contributed by atoms with Gasteiger partial charge in [0.05, 0.1) is 25.2 Å². The number of likely N-dealkylation sites (tertiary alicyclic amines) is 1. The van der Waals surface area contributed by atoms with Crippen LogP contribution in [-0.2, 0) is 9.53 Å². The molecular weight excluding hydrogens is 457 g/mol. The number of guanidine groups is 1. The Balaban J connectivity index is 0.00000364. The Morgan fingerprint density at radius 3 is 2.48 bits per heavy atom. The molecule has 152 valence electrons. The molecule has 7 heteroatoms. The smallest absolute Gasteiger partial charge is 0.309 e. The Labute approximate surface area is 179 Å². The summed E-state index contributed by atoms with van der Waals surface area (Å²) in [6.07, 6.45) is 0.911. The zero-order valence-corrected chi connectivity index (χ0v) is 18.8. The Bertz CT molecular complexity index is 599. The number of benzene rings is 1. The van der Waals surface area contributed by atoms with E-state index < -0.39 is 6.10 Å². The summed E-state index contributed by atoms with van der Waals surface area (Å²) in [6, 6.07) is 7.86. The van der Waals surface area contributed by atoms with Crippen molar-refractivity contribution in [2.24, 2.45) is 10.9 Å². The number of hydrogen-bond donors (Lipinski definition) is 2. The molecule has 1 fully saturated rings. The number of aryl methyl sites for hydroxylation is 1. The molecule has 0 aromatic heterocycles. The molecule has 0 saturated carbocycles. The van der Waals surface area contributed by atoms with Crippen LogP contribution < -0.4 is 5.32 Å². The van der Waals surface area contributed by atoms with E-state index in [1.807, 2.05) is 45.0 Å². The average Bonchev–Trinajstić information content (AvgIpc) is 2.66. The lowest BCUT2D eigenvalue weighted by Crippen LogP contribution is -2.47. The minimum atomic E-state index is -0.624. The van der Waals surface area contributed by atoms with E-state index in [4.69, 9.17) is 4.74 Å². The highest BCUT2D eigenvalue weighted by Crippen LogP contribution is 2.19. The largest absolute Gasteiger partial charge is 0.466 e. The van der Waals surface area contributed by atoms with Crippen LogP contribution in [0.25, 0.3) is 0 Å². The second-order valence-electron chi connectivity index (χ2n) is 6.63. The van der Waals surface area contributed by atoms with Gasteiger partial charge in [-0.1, -0.05) is 29.8 Å². The lowest BCUT2D eigenvalue weighted by atomic mass is 9.97. The zero-order chi connectivity index (χ0) is 18.9. The van der Waals surface area contributed by atoms with Crippen molar-refractivity contribution < 1.29 is 14.6 Å². The van der Waals surface area contributed by atoms with Gasteiger partial charge in [-0.3, -0.25) is 9.79 Å². The van der Waals surface area contributed by atoms with Crippen LogP contribution in [0, 0.1) is 12.8 Å². The van der Waals surface area contributed by atoms with E-state index >= 15 is 0 Å². The molecule has 0 aliphatic carbocycles. The zero-order valence-electron chi connectivity index (χ0n) is 16.5. The number of halogens is 1. The maximum absolute atomic E-state index is 11.9. The van der Waals surface area contributed by atoms with E-state index in [1.165, 1.54) is 5.56 Å². The number of aliphatic imine (C=N–C) groups is 1. The number of esters is 1. The molecule has 1 heterocycles. The molecule has 1 atom stereocenters. The number of aliphatic hydroxyl groups excluding tert-OH is 1. The summed E-state index contributed by atoms with van der Waals surface area (Å²) in [5, 5.41) is 13.7. The van der Waals surface area contributed by atoms with E-state index in [0.29, 0.717) is 13.2 Å². The standard InChI is InChI=1S/C20H31N3O3.HI/c1-4-21-20(22-14-18(24)16-8-6-15(3)7-9-16)23-12-10-17(11-13-23)19(25)26-5-2;/h6-9,17-18,24H,4-5,10-14H2,1-3H3,(H,21,22);1H. The second kappa shape index (κ2) is 12.2. The van der Waals surface area contributed by atoms with Gasteiger partial charge < -0.3 is 20.1 Å². The SMILES string of the molecule is CCNC(=NCC(O)c1ccc(C)cc1)N1CCC(C(=O)OCC)CC1.I. The third-order valence-electron chi connectivity index (χ3n) is 4.63. The number of nitrogens with one attached hydrogen (secondary N) is 1. The van der Waals surface area contributed by atoms with Gasteiger partial charge in [0, 0.05) is 19.6 Å². The van der Waals surface area contributed by atoms with Gasteiger partial charge >= 0.3 is 5.97 Å². The van der Waals surface area contributed by atoms with Crippen molar-refractivity contribution in [1.29, 1.82) is 0 Å². The van der Waals surface area contributed by atoms with E-state index in [2.05, 4.69) is 15.2 Å². The quantitative estimate of drug-likeness (QED) is 0.278. The Kier molecular flexibility index (Phi) is 10.7. The number of carbonyl (C=O) groups is 1. The van der Waals surface area contributed by atoms with Crippen molar-refractivity contribution in [1.82, 2.24) is 10.2 Å². The van der Waals surface area contributed by atoms with Gasteiger partial charge in [0.15, 0.2) is 5.96 Å². The van der Waals surface area contributed by atoms with Crippen molar-refractivity contribution in [3.63, 3.8) is 0 Å². The molecule has 1 aromatic carbocycles. The second-order valence-corrected chi connectivity index (χ2v) is 6.63. The molecule has 2 rings (SSSR count). The minimum absolute atomic E-state index is 0. The minimum Gasteiger partial charge on any atom is -0.466 e. The van der Waals surface area contributed by atoms with Crippen LogP contribution in [0.4, 0.5) is 0 Å². The Hall–Kier alpha value is -1.35. The highest BCUT2D eigenvalue weighted by atomic mass is 127. The van der Waals surface area contributed by atoms with Crippen LogP contribution in [0.1, 0.15) is 43.9 Å². The molecule has 1 aliphatic heterocycles. The van der Waals surface area contributed by atoms with Gasteiger partial charge in [-0.05, 0) is 39.2 Å². The summed E-state index contributed by atoms with van der Waals surface area (Å²) in [6.45, 7) is 8.91. The summed E-state index contributed by atoms with van der Waals surface area (Å²) in [4.78, 5) is 18.6. The average molecular weight is 489 g/mol. The highest BCUT2D eigenvalue weighted by molar-refractivity contribution is 14.0. The van der Waals surface area contributed by atoms with Crippen molar-refractivity contribution in [3.8, 4) is 0 Å². The first-order valence-electron chi connectivity index (χ1n) is 9.49. The highest BCUT2D eigenvalue weighted by Gasteiger charge is 2.27. The fourth-order valence-electron chi connectivity index (χ4n) is 3.08. The predicted octanol–water partition coefficient (Wildman–Crippen LogP) is 2.89. The molecule has 1 aromatic rings. The van der Waals surface area contributed by atoms with Crippen LogP contribution in [0.2, 0.25) is 0 Å². The summed E-state index contributed by atoms with van der Waals surface area (Å²) in [7, 11) is 0. The van der Waals surface area contributed by atoms with E-state index in [1.54, 1.807) is 0 Å². The van der Waals surface area contributed by atoms with Crippen molar-refractivity contribution >= 4 is 35.9 Å². The van der Waals surface area contributed by atoms with Gasteiger partial charge in [-0.15, -0.1) is 24.0 Å². The fourth-order valence-corrected chi connectivity index (χ4v) is 3.08. The third kappa shape index (κ3) is 7.29. The topological polar surface area (TPSA) is 74.2 Å². The molecule has 1 saturated heterocycles. The number of aliphatic hydroxyl groups is 1. The molecule has 1 unspecified atom stereocenters. The molecular formula is C20H32IN3O3. The Morgan fingerprint density at radius 2 is 1.93 bits per heavy atom. The number of hydrogen-bond acceptors (Lipinski definition) is 4. The first-order chi connectivity index (χ1) is 12.5. The predicted molar refractivity (Wildman–Crippen MR) is 118 cm³/mol. The summed E-state index contributed by atoms with van der Waals surface area (Å²) < 4.78 is 5.12. The normalized spacial score (nSPS) is 16.4. The van der Waals surface area contributed by atoms with Gasteiger partial charge in [-0.2, -0.15) is 0 Å². The number of rotatable bonds is 6. The van der Waals surface area contributed by atoms with E-state index in [-0.39, 0.29) is 35.9 Å². The maximum Gasteiger partial charge on any atom is 0.309 e. The van der Waals surface area contributed by atoms with Gasteiger partial charge in [-0.25, -0.2) is 0 Å². The number of ether oxygens (including phenoxy) is 1. The van der Waals surface area contributed by atoms with Gasteiger partial charge in [0.2, 0.25) is 0 Å². The fraction of sp³-hybridized carbons (Fsp3) is 0.600. The lowest BCUT2D eigenvalue weighted by Gasteiger charge is -2.33. The lowest BCUT2D eigenvalue weighted by molar-refractivity contribution is -0.149. The van der Waals surface area contributed by atoms with Crippen LogP contribution >= 0.6 is 24.0 Å². The molecule has 27 heavy (non-hydrogen) atoms. The maximum atomic E-state index is 11.9. The van der Waals surface area contributed by atoms with E-state index in [9.17, 15) is 9.90 Å². The first-order valence-corrected chi connectivity index (χ1v) is 9.49. The molecule has 1 aliphatic rings. The number of piperidine rings is 1. The molecule has 2 N–H and O–H groups in total. The molecule has 0 amide bonds. The molecule has 0 radical (unpaired) electrons. The third-order valence-corrected chi connectivity index (χ3v) is 4.63.